The summed E-state index contributed by atoms with van der Waals surface area (Å²) >= 11 is 0. The SMILES string of the molecule is Cc1cccc(C(=O)N2CCCC2)c1NC(=O)N[C@@H](C)CNc1ccccc1. The Kier molecular flexibility index (Phi) is 6.53. The predicted molar refractivity (Wildman–Crippen MR) is 113 cm³/mol. The number of nitrogens with zero attached hydrogens (tertiary/aromatic N) is 1. The summed E-state index contributed by atoms with van der Waals surface area (Å²) in [6, 6.07) is 15.0. The third-order valence-corrected chi connectivity index (χ3v) is 4.90. The van der Waals surface area contributed by atoms with Crippen LogP contribution in [0.3, 0.4) is 0 Å². The molecule has 0 spiro atoms. The lowest BCUT2D eigenvalue weighted by molar-refractivity contribution is 0.0794. The van der Waals surface area contributed by atoms with Crippen LogP contribution in [0.1, 0.15) is 35.7 Å². The summed E-state index contributed by atoms with van der Waals surface area (Å²) in [5, 5.41) is 9.10. The van der Waals surface area contributed by atoms with Gasteiger partial charge in [0.2, 0.25) is 0 Å². The molecule has 3 N–H and O–H groups in total. The average molecular weight is 380 g/mol. The first-order valence-corrected chi connectivity index (χ1v) is 9.80. The zero-order chi connectivity index (χ0) is 19.9. The molecule has 0 aromatic heterocycles. The molecular weight excluding hydrogens is 352 g/mol. The largest absolute Gasteiger partial charge is 0.383 e. The van der Waals surface area contributed by atoms with Gasteiger partial charge in [-0.15, -0.1) is 0 Å². The molecule has 6 heteroatoms. The number of hydrogen-bond acceptors (Lipinski definition) is 3. The summed E-state index contributed by atoms with van der Waals surface area (Å²) in [5.41, 5.74) is 3.01. The molecule has 0 radical (unpaired) electrons. The molecule has 3 amide bonds. The van der Waals surface area contributed by atoms with Gasteiger partial charge < -0.3 is 20.9 Å². The van der Waals surface area contributed by atoms with Crippen LogP contribution in [0.15, 0.2) is 48.5 Å². The fourth-order valence-corrected chi connectivity index (χ4v) is 3.35. The molecule has 1 aliphatic heterocycles. The highest BCUT2D eigenvalue weighted by Gasteiger charge is 2.23. The summed E-state index contributed by atoms with van der Waals surface area (Å²) in [7, 11) is 0. The number of carbonyl (C=O) groups is 2. The van der Waals surface area contributed by atoms with Gasteiger partial charge in [0.1, 0.15) is 0 Å². The molecule has 1 fully saturated rings. The zero-order valence-corrected chi connectivity index (χ0v) is 16.5. The smallest absolute Gasteiger partial charge is 0.319 e. The van der Waals surface area contributed by atoms with Gasteiger partial charge in [-0.1, -0.05) is 30.3 Å². The molecule has 1 atom stereocenters. The van der Waals surface area contributed by atoms with Crippen molar-refractivity contribution in [3.8, 4) is 0 Å². The zero-order valence-electron chi connectivity index (χ0n) is 16.5. The van der Waals surface area contributed by atoms with Crippen LogP contribution in [0.25, 0.3) is 0 Å². The standard InChI is InChI=1S/C22H28N4O2/c1-16-9-8-12-19(21(27)26-13-6-7-14-26)20(16)25-22(28)24-17(2)15-23-18-10-4-3-5-11-18/h3-5,8-12,17,23H,6-7,13-15H2,1-2H3,(H2,24,25,28)/t17-/m0/s1. The number of amides is 3. The van der Waals surface area contributed by atoms with Gasteiger partial charge >= 0.3 is 6.03 Å². The van der Waals surface area contributed by atoms with E-state index in [1.165, 1.54) is 0 Å². The van der Waals surface area contributed by atoms with Crippen molar-refractivity contribution >= 4 is 23.3 Å². The topological polar surface area (TPSA) is 73.5 Å². The number of aryl methyl sites for hydroxylation is 1. The second-order valence-corrected chi connectivity index (χ2v) is 7.24. The van der Waals surface area contributed by atoms with Crippen molar-refractivity contribution in [2.24, 2.45) is 0 Å². The van der Waals surface area contributed by atoms with Gasteiger partial charge in [-0.2, -0.15) is 0 Å². The second-order valence-electron chi connectivity index (χ2n) is 7.24. The molecule has 0 saturated carbocycles. The molecule has 6 nitrogen and oxygen atoms in total. The normalized spacial score (nSPS) is 14.4. The van der Waals surface area contributed by atoms with Gasteiger partial charge in [-0.25, -0.2) is 4.79 Å². The van der Waals surface area contributed by atoms with Crippen molar-refractivity contribution in [3.63, 3.8) is 0 Å². The predicted octanol–water partition coefficient (Wildman–Crippen LogP) is 3.85. The van der Waals surface area contributed by atoms with E-state index in [9.17, 15) is 9.59 Å². The number of para-hydroxylation sites is 2. The molecule has 3 rings (SSSR count). The average Bonchev–Trinajstić information content (AvgIpc) is 3.23. The van der Waals surface area contributed by atoms with Gasteiger partial charge in [-0.3, -0.25) is 4.79 Å². The second kappa shape index (κ2) is 9.26. The van der Waals surface area contributed by atoms with Crippen molar-refractivity contribution in [1.29, 1.82) is 0 Å². The lowest BCUT2D eigenvalue weighted by Gasteiger charge is -2.21. The van der Waals surface area contributed by atoms with E-state index in [2.05, 4.69) is 16.0 Å². The maximum absolute atomic E-state index is 12.8. The van der Waals surface area contributed by atoms with Crippen molar-refractivity contribution < 1.29 is 9.59 Å². The highest BCUT2D eigenvalue weighted by atomic mass is 16.2. The minimum absolute atomic E-state index is 0.0182. The maximum atomic E-state index is 12.8. The van der Waals surface area contributed by atoms with E-state index in [0.717, 1.165) is 37.2 Å². The Bertz CT molecular complexity index is 817. The van der Waals surface area contributed by atoms with E-state index in [1.54, 1.807) is 6.07 Å². The first-order chi connectivity index (χ1) is 13.5. The summed E-state index contributed by atoms with van der Waals surface area (Å²) in [4.78, 5) is 27.2. The van der Waals surface area contributed by atoms with Crippen molar-refractivity contribution in [1.82, 2.24) is 10.2 Å². The van der Waals surface area contributed by atoms with Gasteiger partial charge in [-0.05, 0) is 50.5 Å². The van der Waals surface area contributed by atoms with Crippen LogP contribution < -0.4 is 16.0 Å². The Balaban J connectivity index is 1.61. The van der Waals surface area contributed by atoms with Gasteiger partial charge in [0, 0.05) is 31.4 Å². The molecule has 1 saturated heterocycles. The van der Waals surface area contributed by atoms with Crippen LogP contribution in [0, 0.1) is 6.92 Å². The lowest BCUT2D eigenvalue weighted by Crippen LogP contribution is -2.40. The first kappa shape index (κ1) is 19.7. The Labute approximate surface area is 166 Å². The summed E-state index contributed by atoms with van der Waals surface area (Å²) in [6.45, 7) is 5.99. The quantitative estimate of drug-likeness (QED) is 0.713. The number of hydrogen-bond donors (Lipinski definition) is 3. The summed E-state index contributed by atoms with van der Waals surface area (Å²) < 4.78 is 0. The Morgan fingerprint density at radius 3 is 2.46 bits per heavy atom. The number of carbonyl (C=O) groups excluding carboxylic acids is 2. The molecule has 148 valence electrons. The van der Waals surface area contributed by atoms with Gasteiger partial charge in [0.05, 0.1) is 11.3 Å². The van der Waals surface area contributed by atoms with E-state index in [4.69, 9.17) is 0 Å². The molecular formula is C22H28N4O2. The number of anilines is 2. The third kappa shape index (κ3) is 5.03. The Hall–Kier alpha value is -3.02. The van der Waals surface area contributed by atoms with Crippen LogP contribution in [-0.2, 0) is 0 Å². The molecule has 2 aromatic rings. The third-order valence-electron chi connectivity index (χ3n) is 4.90. The number of likely N-dealkylation sites (tertiary alicyclic amines) is 1. The number of urea groups is 1. The molecule has 1 heterocycles. The van der Waals surface area contributed by atoms with Crippen molar-refractivity contribution in [3.05, 3.63) is 59.7 Å². The number of rotatable bonds is 6. The highest BCUT2D eigenvalue weighted by Crippen LogP contribution is 2.24. The molecule has 0 aliphatic carbocycles. The Morgan fingerprint density at radius 1 is 1.04 bits per heavy atom. The van der Waals surface area contributed by atoms with Gasteiger partial charge in [0.25, 0.3) is 5.91 Å². The van der Waals surface area contributed by atoms with Crippen molar-refractivity contribution in [2.75, 3.05) is 30.3 Å². The van der Waals surface area contributed by atoms with Crippen LogP contribution in [0.2, 0.25) is 0 Å². The van der Waals surface area contributed by atoms with E-state index in [0.29, 0.717) is 17.8 Å². The monoisotopic (exact) mass is 380 g/mol. The Morgan fingerprint density at radius 2 is 1.75 bits per heavy atom. The lowest BCUT2D eigenvalue weighted by atomic mass is 10.1. The van der Waals surface area contributed by atoms with E-state index >= 15 is 0 Å². The van der Waals surface area contributed by atoms with E-state index in [1.807, 2.05) is 61.2 Å². The van der Waals surface area contributed by atoms with Crippen LogP contribution >= 0.6 is 0 Å². The molecule has 28 heavy (non-hydrogen) atoms. The first-order valence-electron chi connectivity index (χ1n) is 9.80. The minimum Gasteiger partial charge on any atom is -0.383 e. The molecule has 0 unspecified atom stereocenters. The maximum Gasteiger partial charge on any atom is 0.319 e. The number of benzene rings is 2. The molecule has 1 aliphatic rings. The van der Waals surface area contributed by atoms with Crippen LogP contribution in [0.5, 0.6) is 0 Å². The fraction of sp³-hybridized carbons (Fsp3) is 0.364. The summed E-state index contributed by atoms with van der Waals surface area (Å²) in [6.07, 6.45) is 2.07. The van der Waals surface area contributed by atoms with E-state index < -0.39 is 0 Å². The molecule has 2 aromatic carbocycles. The van der Waals surface area contributed by atoms with Crippen LogP contribution in [-0.4, -0.2) is 42.5 Å². The molecule has 0 bridgehead atoms. The van der Waals surface area contributed by atoms with Gasteiger partial charge in [0.15, 0.2) is 0 Å². The summed E-state index contributed by atoms with van der Waals surface area (Å²) in [5.74, 6) is -0.0182. The van der Waals surface area contributed by atoms with Crippen LogP contribution in [0.4, 0.5) is 16.2 Å². The fourth-order valence-electron chi connectivity index (χ4n) is 3.35. The van der Waals surface area contributed by atoms with E-state index in [-0.39, 0.29) is 18.0 Å². The number of nitrogens with one attached hydrogen (secondary N) is 3. The highest BCUT2D eigenvalue weighted by molar-refractivity contribution is 6.04. The minimum atomic E-state index is -0.313. The van der Waals surface area contributed by atoms with Crippen molar-refractivity contribution in [2.45, 2.75) is 32.7 Å².